The average molecular weight is 364 g/mol. The van der Waals surface area contributed by atoms with E-state index in [1.807, 2.05) is 43.3 Å². The average Bonchev–Trinajstić information content (AvgIpc) is 2.95. The fraction of sp³-hybridized carbons (Fsp3) is 0.562. The van der Waals surface area contributed by atoms with Crippen molar-refractivity contribution in [3.63, 3.8) is 0 Å². The maximum atomic E-state index is 12.6. The van der Waals surface area contributed by atoms with Crippen molar-refractivity contribution in [2.75, 3.05) is 46.9 Å². The Bertz CT molecular complexity index is 486. The van der Waals surface area contributed by atoms with Crippen molar-refractivity contribution in [1.82, 2.24) is 9.80 Å². The van der Waals surface area contributed by atoms with Gasteiger partial charge in [0.1, 0.15) is 12.4 Å². The summed E-state index contributed by atoms with van der Waals surface area (Å²) < 4.78 is 5.77. The second-order valence-electron chi connectivity index (χ2n) is 5.79. The predicted molar refractivity (Wildman–Crippen MR) is 98.1 cm³/mol. The first-order valence-electron chi connectivity index (χ1n) is 7.47. The fourth-order valence-corrected chi connectivity index (χ4v) is 2.49. The molecule has 0 saturated carbocycles. The lowest BCUT2D eigenvalue weighted by molar-refractivity contribution is 0.0783. The molecule has 0 spiro atoms. The second-order valence-corrected chi connectivity index (χ2v) is 5.79. The van der Waals surface area contributed by atoms with Crippen LogP contribution in [0.2, 0.25) is 0 Å². The van der Waals surface area contributed by atoms with E-state index in [0.29, 0.717) is 30.4 Å². The number of carbonyl (C=O) groups excluding carboxylic acids is 1. The van der Waals surface area contributed by atoms with Crippen LogP contribution in [-0.4, -0.2) is 62.6 Å². The Hall–Kier alpha value is -1.01. The number of likely N-dealkylation sites (tertiary alicyclic amines) is 1. The highest BCUT2D eigenvalue weighted by Crippen LogP contribution is 2.23. The molecule has 1 aromatic carbocycles. The molecule has 23 heavy (non-hydrogen) atoms. The Kier molecular flexibility index (Phi) is 10.2. The number of carbonyl (C=O) groups is 1. The number of hydrogen-bond donors (Lipinski definition) is 1. The maximum Gasteiger partial charge on any atom is 0.257 e. The monoisotopic (exact) mass is 363 g/mol. The van der Waals surface area contributed by atoms with Gasteiger partial charge in [0, 0.05) is 19.6 Å². The third-order valence-corrected chi connectivity index (χ3v) is 3.82. The molecule has 0 aliphatic carbocycles. The lowest BCUT2D eigenvalue weighted by Gasteiger charge is -2.19. The molecule has 1 heterocycles. The third-order valence-electron chi connectivity index (χ3n) is 3.82. The largest absolute Gasteiger partial charge is 0.491 e. The van der Waals surface area contributed by atoms with Gasteiger partial charge in [-0.25, -0.2) is 0 Å². The number of ether oxygens (including phenoxy) is 1. The molecule has 1 amide bonds. The van der Waals surface area contributed by atoms with E-state index in [4.69, 9.17) is 10.5 Å². The number of amides is 1. The number of halogens is 2. The second kappa shape index (κ2) is 10.7. The van der Waals surface area contributed by atoms with Crippen LogP contribution in [0.1, 0.15) is 16.8 Å². The van der Waals surface area contributed by atoms with Gasteiger partial charge >= 0.3 is 0 Å². The molecule has 1 fully saturated rings. The third kappa shape index (κ3) is 6.18. The van der Waals surface area contributed by atoms with Gasteiger partial charge in [-0.1, -0.05) is 12.1 Å². The minimum Gasteiger partial charge on any atom is -0.491 e. The highest BCUT2D eigenvalue weighted by molar-refractivity contribution is 5.97. The van der Waals surface area contributed by atoms with Gasteiger partial charge in [0.15, 0.2) is 0 Å². The number of nitrogens with two attached hydrogens (primary N) is 1. The first-order chi connectivity index (χ1) is 10.1. The number of rotatable bonds is 6. The first-order valence-corrected chi connectivity index (χ1v) is 7.47. The summed E-state index contributed by atoms with van der Waals surface area (Å²) in [4.78, 5) is 16.6. The SMILES string of the molecule is CN(C)CCOc1ccccc1C(=O)N1CCC(CN)C1.Cl.Cl. The zero-order chi connectivity index (χ0) is 15.2. The van der Waals surface area contributed by atoms with Crippen LogP contribution in [0.3, 0.4) is 0 Å². The van der Waals surface area contributed by atoms with Crippen molar-refractivity contribution in [1.29, 1.82) is 0 Å². The van der Waals surface area contributed by atoms with Crippen LogP contribution in [0.5, 0.6) is 5.75 Å². The van der Waals surface area contributed by atoms with Crippen LogP contribution in [0.4, 0.5) is 0 Å². The summed E-state index contributed by atoms with van der Waals surface area (Å²) in [5.74, 6) is 1.14. The summed E-state index contributed by atoms with van der Waals surface area (Å²) in [5, 5.41) is 0. The summed E-state index contributed by atoms with van der Waals surface area (Å²) in [5.41, 5.74) is 6.34. The molecule has 5 nitrogen and oxygen atoms in total. The number of likely N-dealkylation sites (N-methyl/N-ethyl adjacent to an activating group) is 1. The zero-order valence-electron chi connectivity index (χ0n) is 13.7. The van der Waals surface area contributed by atoms with Crippen LogP contribution in [0.15, 0.2) is 24.3 Å². The summed E-state index contributed by atoms with van der Waals surface area (Å²) in [7, 11) is 4.00. The van der Waals surface area contributed by atoms with E-state index in [-0.39, 0.29) is 30.7 Å². The van der Waals surface area contributed by atoms with Crippen molar-refractivity contribution < 1.29 is 9.53 Å². The standard InChI is InChI=1S/C16H25N3O2.2ClH/c1-18(2)9-10-21-15-6-4-3-5-14(15)16(20)19-8-7-13(11-17)12-19;;/h3-6,13H,7-12,17H2,1-2H3;2*1H. The van der Waals surface area contributed by atoms with Gasteiger partial charge in [0.05, 0.1) is 5.56 Å². The van der Waals surface area contributed by atoms with Gasteiger partial charge in [-0.2, -0.15) is 0 Å². The topological polar surface area (TPSA) is 58.8 Å². The van der Waals surface area contributed by atoms with E-state index in [1.54, 1.807) is 0 Å². The molecule has 1 aromatic rings. The molecule has 1 saturated heterocycles. The molecule has 7 heteroatoms. The van der Waals surface area contributed by atoms with E-state index >= 15 is 0 Å². The molecular weight excluding hydrogens is 337 g/mol. The highest BCUT2D eigenvalue weighted by Gasteiger charge is 2.27. The van der Waals surface area contributed by atoms with E-state index in [1.165, 1.54) is 0 Å². The molecule has 1 unspecified atom stereocenters. The van der Waals surface area contributed by atoms with E-state index in [0.717, 1.165) is 26.1 Å². The Morgan fingerprint density at radius 3 is 2.65 bits per heavy atom. The lowest BCUT2D eigenvalue weighted by atomic mass is 10.1. The van der Waals surface area contributed by atoms with Crippen LogP contribution in [0.25, 0.3) is 0 Å². The van der Waals surface area contributed by atoms with E-state index < -0.39 is 0 Å². The molecule has 0 radical (unpaired) electrons. The van der Waals surface area contributed by atoms with Gasteiger partial charge in [-0.15, -0.1) is 24.8 Å². The smallest absolute Gasteiger partial charge is 0.257 e. The Morgan fingerprint density at radius 1 is 1.35 bits per heavy atom. The summed E-state index contributed by atoms with van der Waals surface area (Å²) in [6.07, 6.45) is 0.992. The van der Waals surface area contributed by atoms with Crippen LogP contribution >= 0.6 is 24.8 Å². The predicted octanol–water partition coefficient (Wildman–Crippen LogP) is 1.89. The van der Waals surface area contributed by atoms with Gasteiger partial charge in [0.2, 0.25) is 0 Å². The Balaban J connectivity index is 0.00000242. The van der Waals surface area contributed by atoms with Crippen molar-refractivity contribution >= 4 is 30.7 Å². The number of nitrogens with zero attached hydrogens (tertiary/aromatic N) is 2. The van der Waals surface area contributed by atoms with Crippen molar-refractivity contribution in [2.24, 2.45) is 11.7 Å². The molecule has 0 aromatic heterocycles. The number of benzene rings is 1. The van der Waals surface area contributed by atoms with Crippen molar-refractivity contribution in [3.8, 4) is 5.75 Å². The van der Waals surface area contributed by atoms with Gasteiger partial charge < -0.3 is 20.3 Å². The van der Waals surface area contributed by atoms with Crippen LogP contribution < -0.4 is 10.5 Å². The summed E-state index contributed by atoms with van der Waals surface area (Å²) >= 11 is 0. The molecule has 1 aliphatic rings. The normalized spacial score (nSPS) is 16.7. The fourth-order valence-electron chi connectivity index (χ4n) is 2.49. The van der Waals surface area contributed by atoms with Gasteiger partial charge in [-0.3, -0.25) is 4.79 Å². The molecule has 2 N–H and O–H groups in total. The molecule has 1 atom stereocenters. The maximum absolute atomic E-state index is 12.6. The molecule has 1 aliphatic heterocycles. The quantitative estimate of drug-likeness (QED) is 0.838. The van der Waals surface area contributed by atoms with E-state index in [2.05, 4.69) is 4.90 Å². The zero-order valence-corrected chi connectivity index (χ0v) is 15.4. The minimum absolute atomic E-state index is 0. The molecule has 132 valence electrons. The van der Waals surface area contributed by atoms with Gasteiger partial charge in [-0.05, 0) is 45.1 Å². The molecule has 0 bridgehead atoms. The Labute approximate surface area is 151 Å². The number of hydrogen-bond acceptors (Lipinski definition) is 4. The molecular formula is C16H27Cl2N3O2. The summed E-state index contributed by atoms with van der Waals surface area (Å²) in [6, 6.07) is 7.47. The number of para-hydroxylation sites is 1. The first kappa shape index (κ1) is 22.0. The highest BCUT2D eigenvalue weighted by atomic mass is 35.5. The van der Waals surface area contributed by atoms with Crippen molar-refractivity contribution in [2.45, 2.75) is 6.42 Å². The Morgan fingerprint density at radius 2 is 2.04 bits per heavy atom. The van der Waals surface area contributed by atoms with Gasteiger partial charge in [0.25, 0.3) is 5.91 Å². The van der Waals surface area contributed by atoms with E-state index in [9.17, 15) is 4.79 Å². The summed E-state index contributed by atoms with van der Waals surface area (Å²) in [6.45, 7) is 3.57. The minimum atomic E-state index is 0. The lowest BCUT2D eigenvalue weighted by Crippen LogP contribution is -2.30. The van der Waals surface area contributed by atoms with Crippen LogP contribution in [-0.2, 0) is 0 Å². The van der Waals surface area contributed by atoms with Crippen LogP contribution in [0, 0.1) is 5.92 Å². The van der Waals surface area contributed by atoms with Crippen molar-refractivity contribution in [3.05, 3.63) is 29.8 Å². The molecule has 2 rings (SSSR count).